The van der Waals surface area contributed by atoms with Gasteiger partial charge in [0.15, 0.2) is 5.13 Å². The fourth-order valence-corrected chi connectivity index (χ4v) is 6.46. The lowest BCUT2D eigenvalue weighted by Crippen LogP contribution is -2.75. The van der Waals surface area contributed by atoms with Crippen LogP contribution < -0.4 is 10.6 Å². The van der Waals surface area contributed by atoms with Gasteiger partial charge < -0.3 is 15.7 Å². The van der Waals surface area contributed by atoms with Crippen molar-refractivity contribution in [1.29, 1.82) is 0 Å². The zero-order valence-electron chi connectivity index (χ0n) is 14.9. The number of carbonyl (C=O) groups excluding carboxylic acids is 2. The molecule has 2 saturated heterocycles. The van der Waals surface area contributed by atoms with Gasteiger partial charge >= 0.3 is 5.97 Å². The number of thiazole rings is 1. The molecule has 2 fully saturated rings. The minimum absolute atomic E-state index is 0.00504. The second-order valence-electron chi connectivity index (χ2n) is 6.56. The number of hydrogen-bond acceptors (Lipinski definition) is 10. The number of β-lactam (4-membered cyclic amide) rings is 1. The Bertz CT molecular complexity index is 977. The number of nitrogens with two attached hydrogens (primary N) is 1. The first-order valence-corrected chi connectivity index (χ1v) is 11.0. The van der Waals surface area contributed by atoms with Gasteiger partial charge in [-0.3, -0.25) is 19.3 Å². The lowest BCUT2D eigenvalue weighted by atomic mass is 9.87. The van der Waals surface area contributed by atoms with Crippen molar-refractivity contribution in [3.05, 3.63) is 15.4 Å². The highest BCUT2D eigenvalue weighted by Crippen LogP contribution is 2.46. The van der Waals surface area contributed by atoms with E-state index in [1.54, 1.807) is 12.3 Å². The van der Waals surface area contributed by atoms with Crippen molar-refractivity contribution in [1.82, 2.24) is 20.1 Å². The monoisotopic (exact) mass is 440 g/mol. The second-order valence-corrected chi connectivity index (χ2v) is 9.74. The maximum absolute atomic E-state index is 12.9. The molecule has 0 aromatic carbocycles. The van der Waals surface area contributed by atoms with Crippen molar-refractivity contribution in [3.63, 3.8) is 0 Å². The molecule has 28 heavy (non-hydrogen) atoms. The lowest BCUT2D eigenvalue weighted by Gasteiger charge is -2.55. The number of fused-ring (bicyclic) bond motifs is 1. The van der Waals surface area contributed by atoms with Crippen LogP contribution in [0.3, 0.4) is 0 Å². The van der Waals surface area contributed by atoms with Gasteiger partial charge in [0.1, 0.15) is 32.7 Å². The summed E-state index contributed by atoms with van der Waals surface area (Å²) < 4.78 is 0. The molecule has 0 radical (unpaired) electrons. The van der Waals surface area contributed by atoms with E-state index in [1.165, 1.54) is 51.2 Å². The summed E-state index contributed by atoms with van der Waals surface area (Å²) in [5.74, 6) is -1.11. The van der Waals surface area contributed by atoms with Crippen molar-refractivity contribution < 1.29 is 19.5 Å². The quantitative estimate of drug-likeness (QED) is 0.651. The average Bonchev–Trinajstić information content (AvgIpc) is 3.26. The molecule has 10 nitrogen and oxygen atoms in total. The first-order chi connectivity index (χ1) is 13.2. The highest BCUT2D eigenvalue weighted by atomic mass is 32.2. The highest BCUT2D eigenvalue weighted by molar-refractivity contribution is 8.00. The summed E-state index contributed by atoms with van der Waals surface area (Å²) in [5, 5.41) is 20.5. The summed E-state index contributed by atoms with van der Waals surface area (Å²) in [5.41, 5.74) is 4.36. The Kier molecular flexibility index (Phi) is 4.55. The molecule has 148 valence electrons. The molecule has 0 aliphatic carbocycles. The van der Waals surface area contributed by atoms with Gasteiger partial charge in [-0.2, -0.15) is 0 Å². The molecule has 2 aromatic rings. The zero-order valence-corrected chi connectivity index (χ0v) is 17.3. The van der Waals surface area contributed by atoms with Crippen LogP contribution in [0.15, 0.2) is 5.38 Å². The van der Waals surface area contributed by atoms with E-state index in [2.05, 4.69) is 15.2 Å². The van der Waals surface area contributed by atoms with Crippen molar-refractivity contribution in [2.45, 2.75) is 30.7 Å². The van der Waals surface area contributed by atoms with E-state index >= 15 is 0 Å². The highest BCUT2D eigenvalue weighted by Gasteiger charge is 2.61. The van der Waals surface area contributed by atoms with Crippen LogP contribution in [0, 0.1) is 6.92 Å². The molecule has 4 heterocycles. The molecular weight excluding hydrogens is 424 g/mol. The number of aliphatic carboxylic acids is 1. The molecule has 2 amide bonds. The van der Waals surface area contributed by atoms with Crippen LogP contribution in [0.5, 0.6) is 0 Å². The molecule has 2 aliphatic rings. The summed E-state index contributed by atoms with van der Waals surface area (Å²) in [6.07, 6.45) is 0. The molecule has 2 aromatic heterocycles. The van der Waals surface area contributed by atoms with Crippen LogP contribution in [0.2, 0.25) is 0 Å². The van der Waals surface area contributed by atoms with E-state index in [9.17, 15) is 19.5 Å². The van der Waals surface area contributed by atoms with Crippen LogP contribution >= 0.6 is 34.4 Å². The van der Waals surface area contributed by atoms with Crippen molar-refractivity contribution in [2.75, 3.05) is 22.9 Å². The van der Waals surface area contributed by atoms with E-state index in [1.807, 2.05) is 0 Å². The number of anilines is 2. The Balaban J connectivity index is 1.62. The zero-order chi connectivity index (χ0) is 20.2. The van der Waals surface area contributed by atoms with Gasteiger partial charge in [-0.25, -0.2) is 4.98 Å². The molecule has 0 bridgehead atoms. The van der Waals surface area contributed by atoms with Crippen molar-refractivity contribution in [2.24, 2.45) is 0 Å². The van der Waals surface area contributed by atoms with Gasteiger partial charge in [0.25, 0.3) is 0 Å². The van der Waals surface area contributed by atoms with E-state index in [4.69, 9.17) is 5.73 Å². The summed E-state index contributed by atoms with van der Waals surface area (Å²) >= 11 is 3.73. The topological polar surface area (TPSA) is 143 Å². The number of nitrogens with zero attached hydrogens (tertiary/aromatic N) is 5. The SMILES string of the molecule is CC(=O)N(c1csc(N)n1)C1C(=O)N2CC(C(=O)O)(c3nnc(C)s3)CS[C@H]12. The number of hydrogen-bond donors (Lipinski definition) is 2. The Morgan fingerprint density at radius 2 is 2.18 bits per heavy atom. The number of carbonyl (C=O) groups is 3. The largest absolute Gasteiger partial charge is 0.480 e. The van der Waals surface area contributed by atoms with Gasteiger partial charge in [-0.1, -0.05) is 0 Å². The smallest absolute Gasteiger partial charge is 0.319 e. The van der Waals surface area contributed by atoms with Gasteiger partial charge in [-0.15, -0.1) is 44.6 Å². The maximum Gasteiger partial charge on any atom is 0.319 e. The van der Waals surface area contributed by atoms with Crippen molar-refractivity contribution >= 4 is 63.2 Å². The molecule has 3 atom stereocenters. The molecule has 4 rings (SSSR count). The Morgan fingerprint density at radius 1 is 1.43 bits per heavy atom. The fourth-order valence-electron chi connectivity index (χ4n) is 3.39. The standard InChI is InChI=1S/C15H16N6O4S3/c1-6-18-19-12(28-6)15(13(24)25)4-20-10(23)9(11(20)27-5-15)21(7(2)22)8-3-26-14(16)17-8/h3,9,11H,4-5H2,1-2H3,(H2,16,17)(H,24,25)/t9?,11-,15?/m1/s1. The summed E-state index contributed by atoms with van der Waals surface area (Å²) in [6, 6.07) is -0.730. The van der Waals surface area contributed by atoms with Gasteiger partial charge in [0.05, 0.1) is 0 Å². The molecule has 13 heteroatoms. The van der Waals surface area contributed by atoms with Crippen molar-refractivity contribution in [3.8, 4) is 0 Å². The average molecular weight is 441 g/mol. The molecular formula is C15H16N6O4S3. The minimum atomic E-state index is -1.31. The number of aromatic nitrogens is 3. The number of rotatable bonds is 4. The molecule has 3 N–H and O–H groups in total. The van der Waals surface area contributed by atoms with Crippen LogP contribution in [0.1, 0.15) is 16.9 Å². The van der Waals surface area contributed by atoms with Gasteiger partial charge in [-0.05, 0) is 6.92 Å². The number of aryl methyl sites for hydroxylation is 1. The molecule has 0 saturated carbocycles. The Hall–Kier alpha value is -2.25. The predicted octanol–water partition coefficient (Wildman–Crippen LogP) is 0.544. The van der Waals surface area contributed by atoms with E-state index < -0.39 is 17.4 Å². The predicted molar refractivity (Wildman–Crippen MR) is 105 cm³/mol. The minimum Gasteiger partial charge on any atom is -0.480 e. The Morgan fingerprint density at radius 3 is 2.71 bits per heavy atom. The van der Waals surface area contributed by atoms with Gasteiger partial charge in [0.2, 0.25) is 11.8 Å². The first kappa shape index (κ1) is 19.1. The van der Waals surface area contributed by atoms with Crippen LogP contribution in [-0.2, 0) is 19.8 Å². The molecule has 2 unspecified atom stereocenters. The van der Waals surface area contributed by atoms with Crippen LogP contribution in [0.25, 0.3) is 0 Å². The van der Waals surface area contributed by atoms with E-state index in [0.717, 1.165) is 0 Å². The van der Waals surface area contributed by atoms with Crippen LogP contribution in [-0.4, -0.2) is 66.7 Å². The third-order valence-corrected chi connectivity index (χ3v) is 7.99. The van der Waals surface area contributed by atoms with Gasteiger partial charge in [0, 0.05) is 24.6 Å². The Labute approximate surface area is 171 Å². The number of nitrogen functional groups attached to an aromatic ring is 1. The normalized spacial score (nSPS) is 26.5. The van der Waals surface area contributed by atoms with Crippen LogP contribution in [0.4, 0.5) is 10.9 Å². The summed E-state index contributed by atoms with van der Waals surface area (Å²) in [7, 11) is 0. The summed E-state index contributed by atoms with van der Waals surface area (Å²) in [6.45, 7) is 3.12. The number of carboxylic acids is 1. The second kappa shape index (κ2) is 6.67. The number of amides is 2. The molecule has 0 spiro atoms. The molecule has 2 aliphatic heterocycles. The number of thioether (sulfide) groups is 1. The van der Waals surface area contributed by atoms with E-state index in [-0.39, 0.29) is 29.5 Å². The first-order valence-electron chi connectivity index (χ1n) is 8.21. The summed E-state index contributed by atoms with van der Waals surface area (Å²) in [4.78, 5) is 44.2. The fraction of sp³-hybridized carbons (Fsp3) is 0.467. The number of carboxylic acid groups (broad SMARTS) is 1. The maximum atomic E-state index is 12.9. The van der Waals surface area contributed by atoms with E-state index in [0.29, 0.717) is 21.0 Å². The third kappa shape index (κ3) is 2.76. The third-order valence-electron chi connectivity index (χ3n) is 4.77. The lowest BCUT2D eigenvalue weighted by molar-refractivity contribution is -0.153.